The zero-order valence-electron chi connectivity index (χ0n) is 14.4. The largest absolute Gasteiger partial charge is 0.542 e. The molecular formula is C18H24FN2O2-. The van der Waals surface area contributed by atoms with Crippen LogP contribution in [0.25, 0.3) is 5.57 Å². The van der Waals surface area contributed by atoms with E-state index >= 15 is 0 Å². The molecule has 2 rings (SSSR count). The first-order chi connectivity index (χ1) is 10.7. The van der Waals surface area contributed by atoms with E-state index in [1.54, 1.807) is 6.07 Å². The summed E-state index contributed by atoms with van der Waals surface area (Å²) in [5.41, 5.74) is 2.79. The van der Waals surface area contributed by atoms with Gasteiger partial charge in [-0.3, -0.25) is 0 Å². The molecule has 0 aromatic heterocycles. The first-order valence-corrected chi connectivity index (χ1v) is 7.99. The van der Waals surface area contributed by atoms with Gasteiger partial charge >= 0.3 is 0 Å². The van der Waals surface area contributed by atoms with Gasteiger partial charge in [0.1, 0.15) is 11.8 Å². The minimum absolute atomic E-state index is 0.0955. The number of benzene rings is 1. The van der Waals surface area contributed by atoms with Crippen LogP contribution in [0.1, 0.15) is 40.2 Å². The van der Waals surface area contributed by atoms with Gasteiger partial charge in [0.25, 0.3) is 0 Å². The lowest BCUT2D eigenvalue weighted by atomic mass is 10.0. The molecule has 0 saturated heterocycles. The highest BCUT2D eigenvalue weighted by atomic mass is 19.1. The van der Waals surface area contributed by atoms with E-state index in [2.05, 4.69) is 37.5 Å². The number of carboxylic acid groups (broad SMARTS) is 1. The summed E-state index contributed by atoms with van der Waals surface area (Å²) >= 11 is 0. The number of hydrogen-bond acceptors (Lipinski definition) is 4. The zero-order valence-corrected chi connectivity index (χ0v) is 14.4. The van der Waals surface area contributed by atoms with Gasteiger partial charge in [-0.1, -0.05) is 6.07 Å². The summed E-state index contributed by atoms with van der Waals surface area (Å²) in [6.45, 7) is 11.8. The summed E-state index contributed by atoms with van der Waals surface area (Å²) in [4.78, 5) is 15.3. The van der Waals surface area contributed by atoms with Crippen molar-refractivity contribution < 1.29 is 14.3 Å². The van der Waals surface area contributed by atoms with E-state index in [0.29, 0.717) is 17.6 Å². The lowest BCUT2D eigenvalue weighted by Crippen LogP contribution is -2.46. The maximum absolute atomic E-state index is 13.7. The third-order valence-corrected chi connectivity index (χ3v) is 4.36. The second-order valence-electron chi connectivity index (χ2n) is 6.50. The van der Waals surface area contributed by atoms with E-state index in [9.17, 15) is 14.3 Å². The first kappa shape index (κ1) is 17.3. The highest BCUT2D eigenvalue weighted by Crippen LogP contribution is 2.38. The van der Waals surface area contributed by atoms with Crippen molar-refractivity contribution in [2.45, 2.75) is 46.7 Å². The van der Waals surface area contributed by atoms with Crippen LogP contribution in [-0.4, -0.2) is 31.1 Å². The summed E-state index contributed by atoms with van der Waals surface area (Å²) in [6, 6.07) is 6.28. The number of allylic oxidation sites excluding steroid dienone is 1. The van der Waals surface area contributed by atoms with E-state index in [0.717, 1.165) is 24.5 Å². The Hall–Kier alpha value is -2.04. The third-order valence-electron chi connectivity index (χ3n) is 4.36. The minimum atomic E-state index is -1.77. The van der Waals surface area contributed by atoms with Gasteiger partial charge in [-0.25, -0.2) is 4.39 Å². The number of rotatable bonds is 4. The molecule has 0 atom stereocenters. The molecule has 0 amide bonds. The molecule has 1 aliphatic heterocycles. The Balaban J connectivity index is 2.56. The smallest absolute Gasteiger partial charge is 0.149 e. The maximum atomic E-state index is 13.7. The van der Waals surface area contributed by atoms with Crippen molar-refractivity contribution in [3.8, 4) is 0 Å². The van der Waals surface area contributed by atoms with Gasteiger partial charge in [0.2, 0.25) is 0 Å². The van der Waals surface area contributed by atoms with Crippen LogP contribution in [0.3, 0.4) is 0 Å². The predicted octanol–water partition coefficient (Wildman–Crippen LogP) is 2.58. The average Bonchev–Trinajstić information content (AvgIpc) is 2.51. The summed E-state index contributed by atoms with van der Waals surface area (Å²) in [6.07, 6.45) is 0. The molecule has 0 spiro atoms. The van der Waals surface area contributed by atoms with Crippen molar-refractivity contribution in [1.29, 1.82) is 0 Å². The van der Waals surface area contributed by atoms with Crippen molar-refractivity contribution in [3.63, 3.8) is 0 Å². The molecule has 0 unspecified atom stereocenters. The standard InChI is InChI=1S/C18H25FN2O2/c1-11(2)20-8-9-21(12(3)4)16-10-14(6-7-15(16)20)13(5)17(19)18(22)23/h6-7,10-12H,8-9H2,1-5H3,(H,22,23)/p-1/b17-13+. The van der Waals surface area contributed by atoms with Crippen LogP contribution >= 0.6 is 0 Å². The number of halogens is 1. The lowest BCUT2D eigenvalue weighted by molar-refractivity contribution is -0.301. The summed E-state index contributed by atoms with van der Waals surface area (Å²) in [5, 5.41) is 10.8. The Morgan fingerprint density at radius 3 is 2.09 bits per heavy atom. The van der Waals surface area contributed by atoms with Gasteiger partial charge in [0, 0.05) is 25.2 Å². The van der Waals surface area contributed by atoms with Crippen molar-refractivity contribution >= 4 is 22.9 Å². The fraction of sp³-hybridized carbons (Fsp3) is 0.500. The molecule has 1 heterocycles. The third kappa shape index (κ3) is 3.33. The number of carbonyl (C=O) groups is 1. The molecule has 0 aliphatic carbocycles. The predicted molar refractivity (Wildman–Crippen MR) is 90.1 cm³/mol. The summed E-state index contributed by atoms with van der Waals surface area (Å²) in [5.74, 6) is -2.98. The van der Waals surface area contributed by atoms with E-state index in [4.69, 9.17) is 0 Å². The quantitative estimate of drug-likeness (QED) is 0.800. The molecule has 4 nitrogen and oxygen atoms in total. The Labute approximate surface area is 137 Å². The van der Waals surface area contributed by atoms with Crippen LogP contribution in [0, 0.1) is 0 Å². The number of fused-ring (bicyclic) bond motifs is 1. The number of carbonyl (C=O) groups excluding carboxylic acids is 1. The van der Waals surface area contributed by atoms with Gasteiger partial charge < -0.3 is 19.7 Å². The fourth-order valence-corrected chi connectivity index (χ4v) is 3.04. The highest BCUT2D eigenvalue weighted by molar-refractivity contribution is 5.93. The number of carboxylic acids is 1. The lowest BCUT2D eigenvalue weighted by Gasteiger charge is -2.43. The monoisotopic (exact) mass is 319 g/mol. The SMILES string of the molecule is C/C(=C(\F)C(=O)[O-])c1ccc2c(c1)N(C(C)C)CCN2C(C)C. The molecule has 23 heavy (non-hydrogen) atoms. The molecule has 1 aliphatic rings. The summed E-state index contributed by atoms with van der Waals surface area (Å²) in [7, 11) is 0. The van der Waals surface area contributed by atoms with Crippen LogP contribution in [0.2, 0.25) is 0 Å². The molecule has 0 saturated carbocycles. The van der Waals surface area contributed by atoms with E-state index in [-0.39, 0.29) is 5.57 Å². The molecule has 126 valence electrons. The second kappa shape index (κ2) is 6.60. The number of aliphatic carboxylic acids is 1. The van der Waals surface area contributed by atoms with Gasteiger partial charge in [0.15, 0.2) is 0 Å². The Morgan fingerprint density at radius 1 is 1.09 bits per heavy atom. The fourth-order valence-electron chi connectivity index (χ4n) is 3.04. The van der Waals surface area contributed by atoms with Gasteiger partial charge in [-0.15, -0.1) is 0 Å². The molecule has 0 fully saturated rings. The normalized spacial score (nSPS) is 15.8. The zero-order chi connectivity index (χ0) is 17.3. The van der Waals surface area contributed by atoms with Crippen molar-refractivity contribution in [2.24, 2.45) is 0 Å². The molecule has 0 bridgehead atoms. The molecule has 0 N–H and O–H groups in total. The van der Waals surface area contributed by atoms with Gasteiger partial charge in [-0.05, 0) is 57.9 Å². The van der Waals surface area contributed by atoms with Crippen LogP contribution in [0.5, 0.6) is 0 Å². The van der Waals surface area contributed by atoms with E-state index in [1.165, 1.54) is 6.92 Å². The van der Waals surface area contributed by atoms with E-state index < -0.39 is 11.8 Å². The van der Waals surface area contributed by atoms with Gasteiger partial charge in [0.05, 0.1) is 11.4 Å². The van der Waals surface area contributed by atoms with E-state index in [1.807, 2.05) is 12.1 Å². The molecule has 1 aromatic carbocycles. The summed E-state index contributed by atoms with van der Waals surface area (Å²) < 4.78 is 13.7. The Kier molecular flexibility index (Phi) is 4.97. The maximum Gasteiger partial charge on any atom is 0.149 e. The molecular weight excluding hydrogens is 295 g/mol. The number of nitrogens with zero attached hydrogens (tertiary/aromatic N) is 2. The highest BCUT2D eigenvalue weighted by Gasteiger charge is 2.26. The molecule has 0 radical (unpaired) electrons. The van der Waals surface area contributed by atoms with Crippen LogP contribution in [-0.2, 0) is 4.79 Å². The Morgan fingerprint density at radius 2 is 1.61 bits per heavy atom. The number of hydrogen-bond donors (Lipinski definition) is 0. The molecule has 5 heteroatoms. The van der Waals surface area contributed by atoms with Crippen molar-refractivity contribution in [3.05, 3.63) is 29.6 Å². The topological polar surface area (TPSA) is 46.6 Å². The molecule has 1 aromatic rings. The first-order valence-electron chi connectivity index (χ1n) is 7.99. The van der Waals surface area contributed by atoms with Crippen molar-refractivity contribution in [2.75, 3.05) is 22.9 Å². The average molecular weight is 319 g/mol. The van der Waals surface area contributed by atoms with Crippen LogP contribution in [0.4, 0.5) is 15.8 Å². The number of anilines is 2. The second-order valence-corrected chi connectivity index (χ2v) is 6.50. The van der Waals surface area contributed by atoms with Crippen LogP contribution in [0.15, 0.2) is 24.0 Å². The van der Waals surface area contributed by atoms with Crippen LogP contribution < -0.4 is 14.9 Å². The van der Waals surface area contributed by atoms with Crippen molar-refractivity contribution in [1.82, 2.24) is 0 Å². The minimum Gasteiger partial charge on any atom is -0.542 e. The van der Waals surface area contributed by atoms with Gasteiger partial charge in [-0.2, -0.15) is 0 Å². The Bertz CT molecular complexity index is 638.